The van der Waals surface area contributed by atoms with Gasteiger partial charge < -0.3 is 4.52 Å². The zero-order valence-electron chi connectivity index (χ0n) is 16.1. The highest BCUT2D eigenvalue weighted by molar-refractivity contribution is 7.65. The fourth-order valence-electron chi connectivity index (χ4n) is 3.64. The molecule has 4 atom stereocenters. The second-order valence-electron chi connectivity index (χ2n) is 8.72. The highest BCUT2D eigenvalue weighted by Gasteiger charge is 2.39. The second kappa shape index (κ2) is 7.72. The van der Waals surface area contributed by atoms with Crippen molar-refractivity contribution in [1.82, 2.24) is 5.09 Å². The fraction of sp³-hybridized carbons (Fsp3) is 0.700. The summed E-state index contributed by atoms with van der Waals surface area (Å²) in [5.41, 5.74) is -0.279. The maximum Gasteiger partial charge on any atom is 0.300 e. The largest absolute Gasteiger partial charge is 0.311 e. The molecule has 0 spiro atoms. The summed E-state index contributed by atoms with van der Waals surface area (Å²) in [6, 6.07) is 9.63. The Bertz CT molecular complexity index is 565. The summed E-state index contributed by atoms with van der Waals surface area (Å²) in [7, 11) is -3.12. The van der Waals surface area contributed by atoms with Gasteiger partial charge in [0.05, 0.1) is 11.4 Å². The molecule has 0 aliphatic heterocycles. The molecule has 2 rings (SSSR count). The standard InChI is InChI=1S/C20H34NO2P/c1-15(2)18-13-12-16(3)14-19(18)23-24(22,21-20(4,5)6)17-10-8-7-9-11-17/h7-11,15-16,18-19H,12-14H2,1-6H3,(H,21,22)/t16-,18+,19-,24+/m1/s1. The van der Waals surface area contributed by atoms with Crippen LogP contribution >= 0.6 is 7.52 Å². The number of rotatable bonds is 5. The molecule has 0 bridgehead atoms. The van der Waals surface area contributed by atoms with Gasteiger partial charge >= 0.3 is 0 Å². The second-order valence-corrected chi connectivity index (χ2v) is 10.8. The number of benzene rings is 1. The van der Waals surface area contributed by atoms with Crippen molar-refractivity contribution in [2.24, 2.45) is 17.8 Å². The zero-order chi connectivity index (χ0) is 18.0. The third kappa shape index (κ3) is 5.18. The van der Waals surface area contributed by atoms with Crippen molar-refractivity contribution in [2.75, 3.05) is 0 Å². The van der Waals surface area contributed by atoms with Crippen molar-refractivity contribution in [3.05, 3.63) is 30.3 Å². The van der Waals surface area contributed by atoms with Gasteiger partial charge in [-0.15, -0.1) is 0 Å². The first-order valence-electron chi connectivity index (χ1n) is 9.24. The van der Waals surface area contributed by atoms with Crippen LogP contribution in [0.1, 0.15) is 60.8 Å². The lowest BCUT2D eigenvalue weighted by atomic mass is 9.75. The van der Waals surface area contributed by atoms with Crippen LogP contribution in [0.2, 0.25) is 0 Å². The summed E-state index contributed by atoms with van der Waals surface area (Å²) in [5, 5.41) is 4.07. The van der Waals surface area contributed by atoms with Gasteiger partial charge in [-0.1, -0.05) is 45.4 Å². The van der Waals surface area contributed by atoms with Crippen molar-refractivity contribution in [2.45, 2.75) is 72.4 Å². The van der Waals surface area contributed by atoms with Crippen LogP contribution in [0.4, 0.5) is 0 Å². The molecule has 0 unspecified atom stereocenters. The van der Waals surface area contributed by atoms with E-state index in [1.807, 2.05) is 51.1 Å². The molecule has 4 heteroatoms. The normalized spacial score (nSPS) is 27.9. The summed E-state index contributed by atoms with van der Waals surface area (Å²) in [6.07, 6.45) is 3.44. The van der Waals surface area contributed by atoms with Crippen LogP contribution in [0.3, 0.4) is 0 Å². The van der Waals surface area contributed by atoms with Crippen LogP contribution in [0.15, 0.2) is 30.3 Å². The van der Waals surface area contributed by atoms with Gasteiger partial charge in [-0.05, 0) is 63.5 Å². The average molecular weight is 351 g/mol. The molecule has 1 aromatic carbocycles. The van der Waals surface area contributed by atoms with E-state index in [4.69, 9.17) is 4.52 Å². The molecule has 0 heterocycles. The molecular formula is C20H34NO2P. The van der Waals surface area contributed by atoms with Crippen molar-refractivity contribution < 1.29 is 9.09 Å². The Hall–Kier alpha value is -0.630. The highest BCUT2D eigenvalue weighted by Crippen LogP contribution is 2.49. The molecule has 0 saturated heterocycles. The minimum atomic E-state index is -3.12. The van der Waals surface area contributed by atoms with Gasteiger partial charge in [0.2, 0.25) is 0 Å². The monoisotopic (exact) mass is 351 g/mol. The van der Waals surface area contributed by atoms with Gasteiger partial charge in [0, 0.05) is 5.54 Å². The Morgan fingerprint density at radius 3 is 2.33 bits per heavy atom. The van der Waals surface area contributed by atoms with Crippen molar-refractivity contribution in [3.63, 3.8) is 0 Å². The van der Waals surface area contributed by atoms with Gasteiger partial charge in [-0.25, -0.2) is 5.09 Å². The van der Waals surface area contributed by atoms with Crippen molar-refractivity contribution in [3.8, 4) is 0 Å². The first kappa shape index (κ1) is 19.7. The third-order valence-electron chi connectivity index (χ3n) is 4.82. The molecule has 1 aliphatic carbocycles. The number of hydrogen-bond donors (Lipinski definition) is 1. The maximum atomic E-state index is 13.8. The molecule has 1 aliphatic rings. The Morgan fingerprint density at radius 1 is 1.17 bits per heavy atom. The van der Waals surface area contributed by atoms with E-state index in [-0.39, 0.29) is 11.6 Å². The lowest BCUT2D eigenvalue weighted by Crippen LogP contribution is -2.41. The molecule has 24 heavy (non-hydrogen) atoms. The smallest absolute Gasteiger partial charge is 0.300 e. The Balaban J connectivity index is 2.32. The van der Waals surface area contributed by atoms with Crippen LogP contribution in [-0.2, 0) is 9.09 Å². The molecular weight excluding hydrogens is 317 g/mol. The third-order valence-corrected chi connectivity index (χ3v) is 7.33. The van der Waals surface area contributed by atoms with Gasteiger partial charge in [0.1, 0.15) is 0 Å². The summed E-state index contributed by atoms with van der Waals surface area (Å²) >= 11 is 0. The maximum absolute atomic E-state index is 13.8. The van der Waals surface area contributed by atoms with Crippen LogP contribution in [-0.4, -0.2) is 11.6 Å². The zero-order valence-corrected chi connectivity index (χ0v) is 17.0. The minimum Gasteiger partial charge on any atom is -0.311 e. The first-order chi connectivity index (χ1) is 11.1. The van der Waals surface area contributed by atoms with E-state index in [0.717, 1.165) is 18.1 Å². The van der Waals surface area contributed by atoms with E-state index < -0.39 is 7.52 Å². The fourth-order valence-corrected chi connectivity index (χ4v) is 6.02. The molecule has 0 amide bonds. The van der Waals surface area contributed by atoms with E-state index in [1.165, 1.54) is 6.42 Å². The SMILES string of the molecule is CC(C)[C@@H]1CC[C@@H](C)C[C@H]1O[P@](=O)(NC(C)(C)C)c1ccccc1. The summed E-state index contributed by atoms with van der Waals surface area (Å²) in [4.78, 5) is 0. The number of nitrogens with one attached hydrogen (secondary N) is 1. The summed E-state index contributed by atoms with van der Waals surface area (Å²) in [5.74, 6) is 1.64. The molecule has 136 valence electrons. The lowest BCUT2D eigenvalue weighted by molar-refractivity contribution is 0.0474. The Labute approximate surface area is 148 Å². The number of hydrogen-bond acceptors (Lipinski definition) is 2. The molecule has 1 N–H and O–H groups in total. The molecule has 0 aromatic heterocycles. The highest BCUT2D eigenvalue weighted by atomic mass is 31.2. The molecule has 1 fully saturated rings. The van der Waals surface area contributed by atoms with Crippen LogP contribution in [0.5, 0.6) is 0 Å². The van der Waals surface area contributed by atoms with E-state index in [9.17, 15) is 4.57 Å². The van der Waals surface area contributed by atoms with Gasteiger partial charge in [-0.2, -0.15) is 0 Å². The quantitative estimate of drug-likeness (QED) is 0.725. The van der Waals surface area contributed by atoms with Gasteiger partial charge in [0.25, 0.3) is 7.52 Å². The minimum absolute atomic E-state index is 0.0506. The Kier molecular flexibility index (Phi) is 6.34. The molecule has 3 nitrogen and oxygen atoms in total. The van der Waals surface area contributed by atoms with Crippen LogP contribution in [0.25, 0.3) is 0 Å². The van der Waals surface area contributed by atoms with Gasteiger partial charge in [0.15, 0.2) is 0 Å². The lowest BCUT2D eigenvalue weighted by Gasteiger charge is -2.40. The Morgan fingerprint density at radius 2 is 1.79 bits per heavy atom. The van der Waals surface area contributed by atoms with Crippen molar-refractivity contribution in [1.29, 1.82) is 0 Å². The van der Waals surface area contributed by atoms with Crippen LogP contribution < -0.4 is 10.4 Å². The summed E-state index contributed by atoms with van der Waals surface area (Å²) in [6.45, 7) is 12.9. The predicted molar refractivity (Wildman–Crippen MR) is 103 cm³/mol. The van der Waals surface area contributed by atoms with Crippen LogP contribution in [0, 0.1) is 17.8 Å². The molecule has 0 radical (unpaired) electrons. The summed E-state index contributed by atoms with van der Waals surface area (Å²) < 4.78 is 20.3. The predicted octanol–water partition coefficient (Wildman–Crippen LogP) is 5.37. The molecule has 1 aromatic rings. The van der Waals surface area contributed by atoms with E-state index in [2.05, 4.69) is 25.9 Å². The van der Waals surface area contributed by atoms with E-state index in [1.54, 1.807) is 0 Å². The van der Waals surface area contributed by atoms with Crippen molar-refractivity contribution >= 4 is 12.8 Å². The first-order valence-corrected chi connectivity index (χ1v) is 10.9. The van der Waals surface area contributed by atoms with E-state index >= 15 is 0 Å². The van der Waals surface area contributed by atoms with E-state index in [0.29, 0.717) is 17.8 Å². The molecule has 1 saturated carbocycles. The van der Waals surface area contributed by atoms with Gasteiger partial charge in [-0.3, -0.25) is 4.57 Å². The average Bonchev–Trinajstić information content (AvgIpc) is 2.46. The topological polar surface area (TPSA) is 38.3 Å².